The fraction of sp³-hybridized carbons (Fsp3) is 0.389. The van der Waals surface area contributed by atoms with Gasteiger partial charge in [-0.15, -0.1) is 0 Å². The van der Waals surface area contributed by atoms with Gasteiger partial charge in [-0.1, -0.05) is 49.6 Å². The third-order valence-electron chi connectivity index (χ3n) is 3.75. The second-order valence-electron chi connectivity index (χ2n) is 5.70. The first-order valence-electron chi connectivity index (χ1n) is 8.27. The van der Waals surface area contributed by atoms with Crippen LogP contribution in [0.2, 0.25) is 0 Å². The number of carbonyl (C=O) groups is 2. The van der Waals surface area contributed by atoms with Crippen molar-refractivity contribution in [3.05, 3.63) is 42.1 Å². The van der Waals surface area contributed by atoms with E-state index in [1.807, 2.05) is 30.3 Å². The molecule has 0 atom stereocenters. The molecule has 128 valence electrons. The Bertz CT molecular complexity index is 653. The third-order valence-corrected chi connectivity index (χ3v) is 3.75. The number of rotatable bonds is 10. The van der Waals surface area contributed by atoms with Crippen LogP contribution in [0.4, 0.5) is 0 Å². The second kappa shape index (κ2) is 9.50. The molecule has 0 radical (unpaired) electrons. The van der Waals surface area contributed by atoms with Crippen LogP contribution in [0.3, 0.4) is 0 Å². The molecular weight excluding hydrogens is 306 g/mol. The molecule has 0 saturated heterocycles. The summed E-state index contributed by atoms with van der Waals surface area (Å²) < 4.78 is 0. The maximum atomic E-state index is 12.1. The molecule has 0 spiro atoms. The van der Waals surface area contributed by atoms with Gasteiger partial charge in [0.05, 0.1) is 5.69 Å². The summed E-state index contributed by atoms with van der Waals surface area (Å²) in [5.74, 6) is -0.896. The lowest BCUT2D eigenvalue weighted by molar-refractivity contribution is -0.137. The fourth-order valence-electron chi connectivity index (χ4n) is 2.42. The maximum Gasteiger partial charge on any atom is 0.303 e. The van der Waals surface area contributed by atoms with E-state index in [4.69, 9.17) is 5.11 Å². The van der Waals surface area contributed by atoms with Gasteiger partial charge in [0.1, 0.15) is 5.69 Å². The number of carbonyl (C=O) groups excluding carboxylic acids is 1. The summed E-state index contributed by atoms with van der Waals surface area (Å²) >= 11 is 0. The van der Waals surface area contributed by atoms with Crippen molar-refractivity contribution in [1.29, 1.82) is 0 Å². The van der Waals surface area contributed by atoms with Crippen LogP contribution in [0.1, 0.15) is 49.0 Å². The lowest BCUT2D eigenvalue weighted by Crippen LogP contribution is -2.24. The van der Waals surface area contributed by atoms with E-state index in [-0.39, 0.29) is 12.3 Å². The minimum absolute atomic E-state index is 0.157. The lowest BCUT2D eigenvalue weighted by atomic mass is 10.1. The molecule has 0 aliphatic heterocycles. The van der Waals surface area contributed by atoms with Crippen LogP contribution in [0.5, 0.6) is 0 Å². The summed E-state index contributed by atoms with van der Waals surface area (Å²) in [7, 11) is 0. The number of nitrogens with zero attached hydrogens (tertiary/aromatic N) is 1. The Morgan fingerprint density at radius 1 is 1.04 bits per heavy atom. The van der Waals surface area contributed by atoms with Crippen LogP contribution >= 0.6 is 0 Å². The van der Waals surface area contributed by atoms with E-state index in [1.54, 1.807) is 6.07 Å². The number of aliphatic carboxylic acids is 1. The van der Waals surface area contributed by atoms with Crippen molar-refractivity contribution >= 4 is 11.9 Å². The average molecular weight is 329 g/mol. The molecule has 6 heteroatoms. The van der Waals surface area contributed by atoms with E-state index < -0.39 is 5.97 Å². The van der Waals surface area contributed by atoms with Crippen molar-refractivity contribution < 1.29 is 14.7 Å². The lowest BCUT2D eigenvalue weighted by Gasteiger charge is -2.03. The van der Waals surface area contributed by atoms with Crippen molar-refractivity contribution in [2.24, 2.45) is 0 Å². The summed E-state index contributed by atoms with van der Waals surface area (Å²) in [4.78, 5) is 22.4. The highest BCUT2D eigenvalue weighted by atomic mass is 16.4. The zero-order valence-corrected chi connectivity index (χ0v) is 13.6. The van der Waals surface area contributed by atoms with Gasteiger partial charge in [-0.3, -0.25) is 14.7 Å². The molecule has 2 rings (SSSR count). The Labute approximate surface area is 141 Å². The van der Waals surface area contributed by atoms with Crippen LogP contribution < -0.4 is 5.32 Å². The number of unbranched alkanes of at least 4 members (excludes halogenated alkanes) is 4. The highest BCUT2D eigenvalue weighted by molar-refractivity contribution is 5.93. The number of nitrogens with one attached hydrogen (secondary N) is 2. The Morgan fingerprint density at radius 2 is 1.75 bits per heavy atom. The monoisotopic (exact) mass is 329 g/mol. The van der Waals surface area contributed by atoms with E-state index in [9.17, 15) is 9.59 Å². The summed E-state index contributed by atoms with van der Waals surface area (Å²) in [6.45, 7) is 0.609. The minimum Gasteiger partial charge on any atom is -0.481 e. The Balaban J connectivity index is 1.65. The normalized spacial score (nSPS) is 10.5. The van der Waals surface area contributed by atoms with E-state index in [2.05, 4.69) is 15.5 Å². The van der Waals surface area contributed by atoms with Gasteiger partial charge in [0.25, 0.3) is 5.91 Å². The van der Waals surface area contributed by atoms with Crippen molar-refractivity contribution in [3.8, 4) is 11.3 Å². The van der Waals surface area contributed by atoms with Crippen molar-refractivity contribution in [2.45, 2.75) is 38.5 Å². The molecule has 1 aromatic carbocycles. The molecule has 0 saturated carbocycles. The summed E-state index contributed by atoms with van der Waals surface area (Å²) in [6.07, 6.45) is 4.74. The number of aromatic nitrogens is 2. The molecule has 1 heterocycles. The molecule has 2 aromatic rings. The first kappa shape index (κ1) is 17.7. The summed E-state index contributed by atoms with van der Waals surface area (Å²) in [6, 6.07) is 11.4. The van der Waals surface area contributed by atoms with E-state index in [0.29, 0.717) is 12.2 Å². The minimum atomic E-state index is -0.739. The molecular formula is C18H23N3O3. The predicted molar refractivity (Wildman–Crippen MR) is 91.7 cm³/mol. The van der Waals surface area contributed by atoms with Crippen LogP contribution in [0.15, 0.2) is 36.4 Å². The van der Waals surface area contributed by atoms with Gasteiger partial charge in [0.2, 0.25) is 0 Å². The SMILES string of the molecule is O=C(O)CCCCCCCNC(=O)c1cc(-c2ccccc2)n[nH]1. The van der Waals surface area contributed by atoms with Gasteiger partial charge in [-0.25, -0.2) is 0 Å². The highest BCUT2D eigenvalue weighted by Gasteiger charge is 2.10. The molecule has 1 amide bonds. The average Bonchev–Trinajstić information content (AvgIpc) is 3.08. The number of H-pyrrole nitrogens is 1. The third kappa shape index (κ3) is 5.87. The first-order valence-corrected chi connectivity index (χ1v) is 8.27. The number of hydrogen-bond donors (Lipinski definition) is 3. The van der Waals surface area contributed by atoms with Crippen LogP contribution in [0, 0.1) is 0 Å². The Kier molecular flexibility index (Phi) is 7.01. The van der Waals surface area contributed by atoms with Gasteiger partial charge < -0.3 is 10.4 Å². The number of hydrogen-bond acceptors (Lipinski definition) is 3. The fourth-order valence-corrected chi connectivity index (χ4v) is 2.42. The number of aromatic amines is 1. The number of benzene rings is 1. The topological polar surface area (TPSA) is 95.1 Å². The zero-order chi connectivity index (χ0) is 17.2. The largest absolute Gasteiger partial charge is 0.481 e. The molecule has 0 aliphatic carbocycles. The molecule has 0 fully saturated rings. The molecule has 3 N–H and O–H groups in total. The Morgan fingerprint density at radius 3 is 2.50 bits per heavy atom. The van der Waals surface area contributed by atoms with Crippen molar-refractivity contribution in [3.63, 3.8) is 0 Å². The number of amides is 1. The molecule has 0 unspecified atom stereocenters. The number of carboxylic acid groups (broad SMARTS) is 1. The second-order valence-corrected chi connectivity index (χ2v) is 5.70. The standard InChI is InChI=1S/C18H23N3O3/c22-17(23)11-7-2-1-3-8-12-19-18(24)16-13-15(20-21-16)14-9-5-4-6-10-14/h4-6,9-10,13H,1-3,7-8,11-12H2,(H,19,24)(H,20,21)(H,22,23). The van der Waals surface area contributed by atoms with E-state index in [1.165, 1.54) is 0 Å². The van der Waals surface area contributed by atoms with E-state index >= 15 is 0 Å². The summed E-state index contributed by atoms with van der Waals surface area (Å²) in [5, 5.41) is 18.3. The quantitative estimate of drug-likeness (QED) is 0.583. The van der Waals surface area contributed by atoms with Crippen molar-refractivity contribution in [2.75, 3.05) is 6.54 Å². The predicted octanol–water partition coefficient (Wildman–Crippen LogP) is 3.23. The van der Waals surface area contributed by atoms with Crippen molar-refractivity contribution in [1.82, 2.24) is 15.5 Å². The van der Waals surface area contributed by atoms with Gasteiger partial charge >= 0.3 is 5.97 Å². The van der Waals surface area contributed by atoms with Gasteiger partial charge in [0, 0.05) is 18.5 Å². The Hall–Kier alpha value is -2.63. The molecule has 0 aliphatic rings. The van der Waals surface area contributed by atoms with Gasteiger partial charge in [0.15, 0.2) is 0 Å². The molecule has 6 nitrogen and oxygen atoms in total. The zero-order valence-electron chi connectivity index (χ0n) is 13.6. The summed E-state index contributed by atoms with van der Waals surface area (Å²) in [5.41, 5.74) is 2.17. The van der Waals surface area contributed by atoms with Gasteiger partial charge in [-0.2, -0.15) is 5.10 Å². The maximum absolute atomic E-state index is 12.1. The van der Waals surface area contributed by atoms with Crippen LogP contribution in [-0.4, -0.2) is 33.7 Å². The molecule has 0 bridgehead atoms. The molecule has 24 heavy (non-hydrogen) atoms. The highest BCUT2D eigenvalue weighted by Crippen LogP contribution is 2.16. The molecule has 1 aromatic heterocycles. The van der Waals surface area contributed by atoms with Crippen LogP contribution in [0.25, 0.3) is 11.3 Å². The van der Waals surface area contributed by atoms with E-state index in [0.717, 1.165) is 43.4 Å². The van der Waals surface area contributed by atoms with Crippen LogP contribution in [-0.2, 0) is 4.79 Å². The first-order chi connectivity index (χ1) is 11.7. The number of carboxylic acids is 1. The van der Waals surface area contributed by atoms with Gasteiger partial charge in [-0.05, 0) is 18.9 Å². The smallest absolute Gasteiger partial charge is 0.303 e.